The van der Waals surface area contributed by atoms with Gasteiger partial charge in [-0.1, -0.05) is 0 Å². The highest BCUT2D eigenvalue weighted by molar-refractivity contribution is 5.93. The van der Waals surface area contributed by atoms with Crippen LogP contribution in [0.3, 0.4) is 0 Å². The summed E-state index contributed by atoms with van der Waals surface area (Å²) >= 11 is 0. The highest BCUT2D eigenvalue weighted by atomic mass is 19.4. The molecule has 0 radical (unpaired) electrons. The number of furan rings is 1. The Balaban J connectivity index is 2.74. The molecule has 0 aromatic carbocycles. The van der Waals surface area contributed by atoms with Gasteiger partial charge in [-0.25, -0.2) is 5.84 Å². The van der Waals surface area contributed by atoms with E-state index in [9.17, 15) is 31.1 Å². The van der Waals surface area contributed by atoms with Gasteiger partial charge in [-0.15, -0.1) is 0 Å². The van der Waals surface area contributed by atoms with Crippen molar-refractivity contribution in [1.82, 2.24) is 5.43 Å². The van der Waals surface area contributed by atoms with Crippen molar-refractivity contribution in [1.29, 1.82) is 0 Å². The standard InChI is InChI=1S/C9H8F6N2O3/c10-8(11,12)7(9(13,14)15)20-3-5-1-4(2-19-5)6(18)17-16/h1-2,7H,3,16H2,(H,17,18). The van der Waals surface area contributed by atoms with Crippen molar-refractivity contribution in [3.8, 4) is 0 Å². The molecule has 1 rings (SSSR count). The number of nitrogens with one attached hydrogen (secondary N) is 1. The quantitative estimate of drug-likeness (QED) is 0.385. The van der Waals surface area contributed by atoms with Crippen molar-refractivity contribution in [2.45, 2.75) is 25.1 Å². The summed E-state index contributed by atoms with van der Waals surface area (Å²) < 4.78 is 81.3. The Hall–Kier alpha value is -1.75. The molecule has 114 valence electrons. The van der Waals surface area contributed by atoms with Gasteiger partial charge in [0.05, 0.1) is 5.56 Å². The molecule has 5 nitrogen and oxygen atoms in total. The van der Waals surface area contributed by atoms with Gasteiger partial charge in [-0.2, -0.15) is 26.3 Å². The molecule has 0 aliphatic rings. The Labute approximate surface area is 107 Å². The van der Waals surface area contributed by atoms with Crippen molar-refractivity contribution in [3.05, 3.63) is 23.7 Å². The normalized spacial score (nSPS) is 12.8. The summed E-state index contributed by atoms with van der Waals surface area (Å²) in [5.74, 6) is 3.58. The second-order valence-corrected chi connectivity index (χ2v) is 3.55. The van der Waals surface area contributed by atoms with E-state index < -0.39 is 31.0 Å². The van der Waals surface area contributed by atoms with Gasteiger partial charge < -0.3 is 9.15 Å². The van der Waals surface area contributed by atoms with Gasteiger partial charge in [0.15, 0.2) is 0 Å². The monoisotopic (exact) mass is 306 g/mol. The largest absolute Gasteiger partial charge is 0.466 e. The van der Waals surface area contributed by atoms with Crippen molar-refractivity contribution in [2.75, 3.05) is 0 Å². The number of hydrogen-bond donors (Lipinski definition) is 2. The van der Waals surface area contributed by atoms with Crippen LogP contribution >= 0.6 is 0 Å². The second kappa shape index (κ2) is 5.71. The predicted molar refractivity (Wildman–Crippen MR) is 51.0 cm³/mol. The fourth-order valence-electron chi connectivity index (χ4n) is 1.20. The highest BCUT2D eigenvalue weighted by Gasteiger charge is 2.58. The molecule has 0 unspecified atom stereocenters. The third kappa shape index (κ3) is 4.13. The number of carbonyl (C=O) groups is 1. The van der Waals surface area contributed by atoms with E-state index in [0.29, 0.717) is 0 Å². The molecule has 0 saturated heterocycles. The summed E-state index contributed by atoms with van der Waals surface area (Å²) in [7, 11) is 0. The minimum absolute atomic E-state index is 0.165. The molecule has 1 amide bonds. The molecule has 0 aliphatic heterocycles. The number of hydrogen-bond acceptors (Lipinski definition) is 4. The molecule has 1 aromatic rings. The lowest BCUT2D eigenvalue weighted by Gasteiger charge is -2.22. The smallest absolute Gasteiger partial charge is 0.423 e. The third-order valence-corrected chi connectivity index (χ3v) is 2.03. The summed E-state index contributed by atoms with van der Waals surface area (Å²) in [6.07, 6.45) is -14.3. The first-order valence-corrected chi connectivity index (χ1v) is 4.89. The van der Waals surface area contributed by atoms with E-state index in [1.54, 1.807) is 5.43 Å². The summed E-state index contributed by atoms with van der Waals surface area (Å²) in [4.78, 5) is 11.0. The van der Waals surface area contributed by atoms with Crippen LogP contribution in [0.25, 0.3) is 0 Å². The second-order valence-electron chi connectivity index (χ2n) is 3.55. The molecular weight excluding hydrogens is 298 g/mol. The van der Waals surface area contributed by atoms with Crippen LogP contribution in [0.15, 0.2) is 16.7 Å². The number of alkyl halides is 6. The van der Waals surface area contributed by atoms with Gasteiger partial charge in [-0.3, -0.25) is 10.2 Å². The van der Waals surface area contributed by atoms with E-state index in [1.807, 2.05) is 0 Å². The number of halogens is 6. The van der Waals surface area contributed by atoms with Crippen LogP contribution in [0.5, 0.6) is 0 Å². The van der Waals surface area contributed by atoms with Gasteiger partial charge in [-0.05, 0) is 6.07 Å². The van der Waals surface area contributed by atoms with Crippen LogP contribution in [0.1, 0.15) is 16.1 Å². The van der Waals surface area contributed by atoms with Crippen LogP contribution in [-0.4, -0.2) is 24.4 Å². The molecule has 1 aromatic heterocycles. The maximum Gasteiger partial charge on any atom is 0.423 e. The van der Waals surface area contributed by atoms with Crippen molar-refractivity contribution >= 4 is 5.91 Å². The van der Waals surface area contributed by atoms with E-state index in [4.69, 9.17) is 5.84 Å². The van der Waals surface area contributed by atoms with E-state index in [0.717, 1.165) is 12.3 Å². The lowest BCUT2D eigenvalue weighted by molar-refractivity contribution is -0.325. The Morgan fingerprint density at radius 3 is 2.30 bits per heavy atom. The summed E-state index contributed by atoms with van der Waals surface area (Å²) in [5.41, 5.74) is 1.54. The molecule has 1 heterocycles. The van der Waals surface area contributed by atoms with Gasteiger partial charge >= 0.3 is 12.4 Å². The first-order chi connectivity index (χ1) is 9.05. The fraction of sp³-hybridized carbons (Fsp3) is 0.444. The molecule has 0 bridgehead atoms. The van der Waals surface area contributed by atoms with Crippen LogP contribution in [0.4, 0.5) is 26.3 Å². The van der Waals surface area contributed by atoms with Crippen LogP contribution in [0, 0.1) is 0 Å². The average molecular weight is 306 g/mol. The highest BCUT2D eigenvalue weighted by Crippen LogP contribution is 2.36. The lowest BCUT2D eigenvalue weighted by atomic mass is 10.3. The van der Waals surface area contributed by atoms with Gasteiger partial charge in [0, 0.05) is 0 Å². The molecule has 11 heteroatoms. The maximum atomic E-state index is 12.2. The number of amides is 1. The summed E-state index contributed by atoms with van der Waals surface area (Å²) in [6.45, 7) is -1.11. The molecule has 0 spiro atoms. The van der Waals surface area contributed by atoms with Gasteiger partial charge in [0.1, 0.15) is 18.6 Å². The van der Waals surface area contributed by atoms with E-state index in [1.165, 1.54) is 0 Å². The zero-order valence-electron chi connectivity index (χ0n) is 9.51. The Bertz CT molecular complexity index is 453. The van der Waals surface area contributed by atoms with Gasteiger partial charge in [0.25, 0.3) is 5.91 Å². The fourth-order valence-corrected chi connectivity index (χ4v) is 1.20. The SMILES string of the molecule is NNC(=O)c1coc(COC(C(F)(F)F)C(F)(F)F)c1. The first kappa shape index (κ1) is 16.3. The number of nitrogen functional groups attached to an aromatic ring is 1. The van der Waals surface area contributed by atoms with E-state index in [-0.39, 0.29) is 11.3 Å². The molecule has 3 N–H and O–H groups in total. The zero-order valence-corrected chi connectivity index (χ0v) is 9.51. The topological polar surface area (TPSA) is 77.5 Å². The third-order valence-electron chi connectivity index (χ3n) is 2.03. The minimum atomic E-state index is -5.61. The molecule has 0 saturated carbocycles. The lowest BCUT2D eigenvalue weighted by Crippen LogP contribution is -2.44. The molecule has 20 heavy (non-hydrogen) atoms. The Morgan fingerprint density at radius 2 is 1.85 bits per heavy atom. The number of nitrogens with two attached hydrogens (primary N) is 1. The van der Waals surface area contributed by atoms with E-state index >= 15 is 0 Å². The molecule has 0 fully saturated rings. The Kier molecular flexibility index (Phi) is 4.65. The number of rotatable bonds is 4. The summed E-state index contributed by atoms with van der Waals surface area (Å²) in [6, 6.07) is 0.909. The summed E-state index contributed by atoms with van der Waals surface area (Å²) in [5, 5.41) is 0. The van der Waals surface area contributed by atoms with Crippen LogP contribution < -0.4 is 11.3 Å². The predicted octanol–water partition coefficient (Wildman–Crippen LogP) is 1.89. The molecule has 0 atom stereocenters. The van der Waals surface area contributed by atoms with Crippen LogP contribution in [-0.2, 0) is 11.3 Å². The van der Waals surface area contributed by atoms with Crippen LogP contribution in [0.2, 0.25) is 0 Å². The molecular formula is C9H8F6N2O3. The van der Waals surface area contributed by atoms with Crippen molar-refractivity contribution < 1.29 is 40.3 Å². The number of carbonyl (C=O) groups excluding carboxylic acids is 1. The zero-order chi connectivity index (χ0) is 15.6. The Morgan fingerprint density at radius 1 is 1.30 bits per heavy atom. The number of hydrazine groups is 1. The molecule has 0 aliphatic carbocycles. The number of ether oxygens (including phenoxy) is 1. The van der Waals surface area contributed by atoms with Crippen molar-refractivity contribution in [3.63, 3.8) is 0 Å². The minimum Gasteiger partial charge on any atom is -0.466 e. The van der Waals surface area contributed by atoms with Gasteiger partial charge in [0.2, 0.25) is 6.10 Å². The van der Waals surface area contributed by atoms with E-state index in [2.05, 4.69) is 9.15 Å². The maximum absolute atomic E-state index is 12.2. The first-order valence-electron chi connectivity index (χ1n) is 4.89. The van der Waals surface area contributed by atoms with Crippen molar-refractivity contribution in [2.24, 2.45) is 5.84 Å². The average Bonchev–Trinajstić information content (AvgIpc) is 2.73.